The Morgan fingerprint density at radius 2 is 2.03 bits per heavy atom. The third-order valence-electron chi connectivity index (χ3n) is 6.09. The van der Waals surface area contributed by atoms with Crippen LogP contribution in [0.4, 0.5) is 5.69 Å². The zero-order valence-electron chi connectivity index (χ0n) is 20.5. The molecule has 10 heteroatoms. The van der Waals surface area contributed by atoms with E-state index in [9.17, 15) is 14.4 Å². The summed E-state index contributed by atoms with van der Waals surface area (Å²) in [5, 5.41) is 5.67. The number of carbonyl (C=O) groups is 3. The van der Waals surface area contributed by atoms with Gasteiger partial charge in [-0.25, -0.2) is 0 Å². The molecule has 2 aliphatic heterocycles. The SMILES string of the molecule is COCC(=O)Nc1ccc2c(c1)C(=O)N(C)[C@@H]1CC[C@@H](CC(=O)NCCCN(C)C)O[C@H]1CO2. The first-order valence-corrected chi connectivity index (χ1v) is 11.7. The summed E-state index contributed by atoms with van der Waals surface area (Å²) in [5.74, 6) is -0.0899. The molecule has 2 aliphatic rings. The highest BCUT2D eigenvalue weighted by Gasteiger charge is 2.39. The third kappa shape index (κ3) is 6.91. The van der Waals surface area contributed by atoms with Crippen LogP contribution in [0.3, 0.4) is 0 Å². The van der Waals surface area contributed by atoms with Crippen molar-refractivity contribution in [3.63, 3.8) is 0 Å². The second-order valence-corrected chi connectivity index (χ2v) is 9.07. The van der Waals surface area contributed by atoms with Crippen molar-refractivity contribution in [2.45, 2.75) is 43.9 Å². The lowest BCUT2D eigenvalue weighted by Crippen LogP contribution is -2.54. The average molecular weight is 477 g/mol. The van der Waals surface area contributed by atoms with Gasteiger partial charge in [0.25, 0.3) is 5.91 Å². The van der Waals surface area contributed by atoms with E-state index in [0.29, 0.717) is 42.8 Å². The van der Waals surface area contributed by atoms with Crippen molar-refractivity contribution >= 4 is 23.4 Å². The number of methoxy groups -OCH3 is 1. The third-order valence-corrected chi connectivity index (χ3v) is 6.09. The Morgan fingerprint density at radius 3 is 2.76 bits per heavy atom. The molecule has 188 valence electrons. The summed E-state index contributed by atoms with van der Waals surface area (Å²) in [6.07, 6.45) is 2.05. The van der Waals surface area contributed by atoms with Gasteiger partial charge in [-0.15, -0.1) is 0 Å². The Bertz CT molecular complexity index is 877. The quantitative estimate of drug-likeness (QED) is 0.514. The Balaban J connectivity index is 1.61. The summed E-state index contributed by atoms with van der Waals surface area (Å²) in [6, 6.07) is 4.82. The monoisotopic (exact) mass is 476 g/mol. The summed E-state index contributed by atoms with van der Waals surface area (Å²) in [6.45, 7) is 1.76. The van der Waals surface area contributed by atoms with Crippen LogP contribution in [-0.2, 0) is 19.1 Å². The van der Waals surface area contributed by atoms with Gasteiger partial charge in [-0.3, -0.25) is 14.4 Å². The molecule has 0 aromatic heterocycles. The zero-order chi connectivity index (χ0) is 24.7. The van der Waals surface area contributed by atoms with Gasteiger partial charge in [0, 0.05) is 26.4 Å². The Morgan fingerprint density at radius 1 is 1.24 bits per heavy atom. The molecule has 1 fully saturated rings. The van der Waals surface area contributed by atoms with Crippen molar-refractivity contribution in [3.05, 3.63) is 23.8 Å². The van der Waals surface area contributed by atoms with E-state index in [1.54, 1.807) is 30.1 Å². The maximum absolute atomic E-state index is 13.2. The fraction of sp³-hybridized carbons (Fsp3) is 0.625. The number of rotatable bonds is 9. The highest BCUT2D eigenvalue weighted by Crippen LogP contribution is 2.32. The van der Waals surface area contributed by atoms with Crippen molar-refractivity contribution in [2.24, 2.45) is 0 Å². The first-order chi connectivity index (χ1) is 16.3. The highest BCUT2D eigenvalue weighted by atomic mass is 16.5. The van der Waals surface area contributed by atoms with Gasteiger partial charge in [-0.1, -0.05) is 0 Å². The van der Waals surface area contributed by atoms with Crippen LogP contribution < -0.4 is 15.4 Å². The number of nitrogens with zero attached hydrogens (tertiary/aromatic N) is 2. The van der Waals surface area contributed by atoms with Crippen LogP contribution in [0.25, 0.3) is 0 Å². The number of ether oxygens (including phenoxy) is 3. The lowest BCUT2D eigenvalue weighted by atomic mass is 9.94. The number of benzene rings is 1. The van der Waals surface area contributed by atoms with Gasteiger partial charge < -0.3 is 34.6 Å². The number of nitrogens with one attached hydrogen (secondary N) is 2. The van der Waals surface area contributed by atoms with Crippen LogP contribution in [0.1, 0.15) is 36.0 Å². The van der Waals surface area contributed by atoms with E-state index in [-0.39, 0.29) is 49.2 Å². The standard InChI is InChI=1S/C24H36N4O6/c1-27(2)11-5-10-25-22(29)13-17-7-8-19-21(34-17)14-33-20-9-6-16(26-23(30)15-32-4)12-18(20)24(31)28(19)3/h6,9,12,17,19,21H,5,7-8,10-11,13-15H2,1-4H3,(H,25,29)(H,26,30)/t17-,19+,21-/m0/s1. The molecule has 1 saturated heterocycles. The van der Waals surface area contributed by atoms with E-state index in [2.05, 4.69) is 15.5 Å². The first kappa shape index (κ1) is 25.9. The molecule has 0 unspecified atom stereocenters. The van der Waals surface area contributed by atoms with Crippen LogP contribution in [0.5, 0.6) is 5.75 Å². The lowest BCUT2D eigenvalue weighted by molar-refractivity contribution is -0.134. The summed E-state index contributed by atoms with van der Waals surface area (Å²) >= 11 is 0. The first-order valence-electron chi connectivity index (χ1n) is 11.7. The van der Waals surface area contributed by atoms with E-state index in [1.165, 1.54) is 7.11 Å². The summed E-state index contributed by atoms with van der Waals surface area (Å²) in [4.78, 5) is 41.2. The van der Waals surface area contributed by atoms with E-state index >= 15 is 0 Å². The van der Waals surface area contributed by atoms with Crippen molar-refractivity contribution in [1.82, 2.24) is 15.1 Å². The number of likely N-dealkylation sites (N-methyl/N-ethyl adjacent to an activating group) is 1. The molecule has 0 radical (unpaired) electrons. The predicted octanol–water partition coefficient (Wildman–Crippen LogP) is 1.11. The van der Waals surface area contributed by atoms with Gasteiger partial charge in [0.2, 0.25) is 11.8 Å². The van der Waals surface area contributed by atoms with Crippen LogP contribution >= 0.6 is 0 Å². The molecular formula is C24H36N4O6. The molecule has 0 bridgehead atoms. The number of fused-ring (bicyclic) bond motifs is 2. The Hall–Kier alpha value is -2.69. The highest BCUT2D eigenvalue weighted by molar-refractivity contribution is 6.00. The molecular weight excluding hydrogens is 440 g/mol. The molecule has 0 aliphatic carbocycles. The predicted molar refractivity (Wildman–Crippen MR) is 127 cm³/mol. The molecule has 2 N–H and O–H groups in total. The van der Waals surface area contributed by atoms with Crippen molar-refractivity contribution < 1.29 is 28.6 Å². The largest absolute Gasteiger partial charge is 0.490 e. The molecule has 0 spiro atoms. The molecule has 34 heavy (non-hydrogen) atoms. The maximum atomic E-state index is 13.2. The molecule has 10 nitrogen and oxygen atoms in total. The summed E-state index contributed by atoms with van der Waals surface area (Å²) < 4.78 is 17.0. The fourth-order valence-electron chi connectivity index (χ4n) is 4.34. The summed E-state index contributed by atoms with van der Waals surface area (Å²) in [5.41, 5.74) is 0.884. The molecule has 3 rings (SSSR count). The molecule has 1 aromatic carbocycles. The van der Waals surface area contributed by atoms with E-state index in [0.717, 1.165) is 13.0 Å². The van der Waals surface area contributed by atoms with Gasteiger partial charge in [0.05, 0.1) is 24.1 Å². The molecule has 0 saturated carbocycles. The molecule has 2 heterocycles. The Kier molecular flexibility index (Phi) is 9.26. The average Bonchev–Trinajstić information content (AvgIpc) is 2.79. The smallest absolute Gasteiger partial charge is 0.257 e. The number of hydrogen-bond donors (Lipinski definition) is 2. The van der Waals surface area contributed by atoms with Crippen molar-refractivity contribution in [3.8, 4) is 5.75 Å². The van der Waals surface area contributed by atoms with Crippen LogP contribution in [0, 0.1) is 0 Å². The van der Waals surface area contributed by atoms with Gasteiger partial charge in [0.15, 0.2) is 0 Å². The van der Waals surface area contributed by atoms with E-state index in [1.807, 2.05) is 14.1 Å². The van der Waals surface area contributed by atoms with Crippen LogP contribution in [-0.4, -0.2) is 100 Å². The minimum Gasteiger partial charge on any atom is -0.490 e. The maximum Gasteiger partial charge on any atom is 0.257 e. The topological polar surface area (TPSA) is 109 Å². The van der Waals surface area contributed by atoms with Gasteiger partial charge in [0.1, 0.15) is 25.1 Å². The van der Waals surface area contributed by atoms with Crippen LogP contribution in [0.2, 0.25) is 0 Å². The second-order valence-electron chi connectivity index (χ2n) is 9.07. The number of anilines is 1. The van der Waals surface area contributed by atoms with Gasteiger partial charge in [-0.05, 0) is 58.1 Å². The normalized spacial score (nSPS) is 22.2. The minimum atomic E-state index is -0.330. The minimum absolute atomic E-state index is 0.0215. The van der Waals surface area contributed by atoms with E-state index < -0.39 is 0 Å². The molecule has 3 amide bonds. The summed E-state index contributed by atoms with van der Waals surface area (Å²) in [7, 11) is 7.21. The van der Waals surface area contributed by atoms with Crippen molar-refractivity contribution in [1.29, 1.82) is 0 Å². The Labute approximate surface area is 200 Å². The second kappa shape index (κ2) is 12.1. The fourth-order valence-corrected chi connectivity index (χ4v) is 4.34. The number of hydrogen-bond acceptors (Lipinski definition) is 7. The zero-order valence-corrected chi connectivity index (χ0v) is 20.5. The van der Waals surface area contributed by atoms with Gasteiger partial charge in [-0.2, -0.15) is 0 Å². The number of amides is 3. The van der Waals surface area contributed by atoms with Gasteiger partial charge >= 0.3 is 0 Å². The van der Waals surface area contributed by atoms with Crippen molar-refractivity contribution in [2.75, 3.05) is 59.9 Å². The number of carbonyl (C=O) groups excluding carboxylic acids is 3. The lowest BCUT2D eigenvalue weighted by Gasteiger charge is -2.42. The van der Waals surface area contributed by atoms with E-state index in [4.69, 9.17) is 14.2 Å². The molecule has 1 aromatic rings. The molecule has 3 atom stereocenters. The van der Waals surface area contributed by atoms with Crippen LogP contribution in [0.15, 0.2) is 18.2 Å².